The molecule has 1 aromatic heterocycles. The van der Waals surface area contributed by atoms with Crippen molar-refractivity contribution in [2.24, 2.45) is 0 Å². The monoisotopic (exact) mass is 341 g/mol. The molecule has 0 atom stereocenters. The third-order valence-corrected chi connectivity index (χ3v) is 4.06. The van der Waals surface area contributed by atoms with E-state index in [0.717, 1.165) is 11.1 Å². The first-order chi connectivity index (χ1) is 12.0. The second kappa shape index (κ2) is 8.94. The number of hydrogen-bond donors (Lipinski definition) is 2. The van der Waals surface area contributed by atoms with Crippen LogP contribution in [0.25, 0.3) is 0 Å². The van der Waals surface area contributed by atoms with Crippen molar-refractivity contribution >= 4 is 17.5 Å². The van der Waals surface area contributed by atoms with Crippen molar-refractivity contribution in [1.82, 2.24) is 9.88 Å². The zero-order valence-corrected chi connectivity index (χ0v) is 14.5. The fourth-order valence-corrected chi connectivity index (χ4v) is 2.50. The number of aliphatic hydroxyl groups is 1. The van der Waals surface area contributed by atoms with Crippen molar-refractivity contribution in [2.45, 2.75) is 26.4 Å². The second-order valence-electron chi connectivity index (χ2n) is 5.86. The molecule has 1 heterocycles. The van der Waals surface area contributed by atoms with Crippen LogP contribution < -0.4 is 5.32 Å². The molecule has 1 aromatic carbocycles. The van der Waals surface area contributed by atoms with Crippen molar-refractivity contribution in [3.63, 3.8) is 0 Å². The predicted octanol–water partition coefficient (Wildman–Crippen LogP) is 2.37. The lowest BCUT2D eigenvalue weighted by molar-refractivity contribution is -0.116. The van der Waals surface area contributed by atoms with Crippen LogP contribution in [0.1, 0.15) is 34.3 Å². The normalized spacial score (nSPS) is 10.4. The summed E-state index contributed by atoms with van der Waals surface area (Å²) in [5, 5.41) is 12.1. The summed E-state index contributed by atoms with van der Waals surface area (Å²) < 4.78 is 0. The summed E-state index contributed by atoms with van der Waals surface area (Å²) in [5.74, 6) is -0.197. The molecule has 2 aromatic rings. The number of aliphatic hydroxyl groups excluding tert-OH is 1. The molecule has 0 spiro atoms. The molecule has 25 heavy (non-hydrogen) atoms. The lowest BCUT2D eigenvalue weighted by atomic mass is 10.1. The van der Waals surface area contributed by atoms with Crippen molar-refractivity contribution in [1.29, 1.82) is 0 Å². The minimum absolute atomic E-state index is 0.0581. The molecule has 0 aliphatic rings. The molecule has 0 aliphatic heterocycles. The van der Waals surface area contributed by atoms with Gasteiger partial charge in [0.15, 0.2) is 0 Å². The third kappa shape index (κ3) is 5.12. The Hall–Kier alpha value is -2.73. The summed E-state index contributed by atoms with van der Waals surface area (Å²) in [6, 6.07) is 8.77. The number of aromatic nitrogens is 1. The molecule has 6 nitrogen and oxygen atoms in total. The van der Waals surface area contributed by atoms with Crippen LogP contribution in [-0.2, 0) is 11.4 Å². The Morgan fingerprint density at radius 3 is 2.60 bits per heavy atom. The van der Waals surface area contributed by atoms with Gasteiger partial charge < -0.3 is 15.3 Å². The zero-order valence-electron chi connectivity index (χ0n) is 14.5. The Labute approximate surface area is 147 Å². The van der Waals surface area contributed by atoms with Gasteiger partial charge in [0.05, 0.1) is 6.61 Å². The summed E-state index contributed by atoms with van der Waals surface area (Å²) in [7, 11) is 1.72. The largest absolute Gasteiger partial charge is 0.392 e. The highest BCUT2D eigenvalue weighted by atomic mass is 16.3. The van der Waals surface area contributed by atoms with Gasteiger partial charge in [-0.3, -0.25) is 14.6 Å². The third-order valence-electron chi connectivity index (χ3n) is 4.06. The van der Waals surface area contributed by atoms with Gasteiger partial charge in [-0.05, 0) is 42.7 Å². The molecule has 0 saturated heterocycles. The first kappa shape index (κ1) is 18.6. The quantitative estimate of drug-likeness (QED) is 0.810. The van der Waals surface area contributed by atoms with Crippen LogP contribution in [0.15, 0.2) is 42.7 Å². The number of rotatable bonds is 7. The maximum Gasteiger partial charge on any atom is 0.253 e. The molecule has 0 unspecified atom stereocenters. The van der Waals surface area contributed by atoms with Crippen LogP contribution in [-0.4, -0.2) is 40.4 Å². The Morgan fingerprint density at radius 2 is 1.92 bits per heavy atom. The number of hydrogen-bond acceptors (Lipinski definition) is 4. The van der Waals surface area contributed by atoms with E-state index in [1.54, 1.807) is 42.5 Å². The first-order valence-electron chi connectivity index (χ1n) is 8.17. The topological polar surface area (TPSA) is 82.5 Å². The average Bonchev–Trinajstić information content (AvgIpc) is 2.63. The van der Waals surface area contributed by atoms with E-state index in [4.69, 9.17) is 0 Å². The van der Waals surface area contributed by atoms with Crippen molar-refractivity contribution < 1.29 is 14.7 Å². The number of benzene rings is 1. The van der Waals surface area contributed by atoms with Gasteiger partial charge in [0.2, 0.25) is 5.91 Å². The molecule has 132 valence electrons. The van der Waals surface area contributed by atoms with E-state index < -0.39 is 0 Å². The predicted molar refractivity (Wildman–Crippen MR) is 96.2 cm³/mol. The number of nitrogens with zero attached hydrogens (tertiary/aromatic N) is 2. The first-order valence-corrected chi connectivity index (χ1v) is 8.17. The average molecular weight is 341 g/mol. The molecule has 0 aliphatic carbocycles. The van der Waals surface area contributed by atoms with Crippen molar-refractivity contribution in [3.8, 4) is 0 Å². The highest BCUT2D eigenvalue weighted by Crippen LogP contribution is 2.19. The number of anilines is 1. The van der Waals surface area contributed by atoms with E-state index in [0.29, 0.717) is 30.6 Å². The molecule has 0 radical (unpaired) electrons. The number of pyridine rings is 1. The second-order valence-corrected chi connectivity index (χ2v) is 5.86. The van der Waals surface area contributed by atoms with Crippen LogP contribution in [0.5, 0.6) is 0 Å². The SMILES string of the molecule is Cc1c(CO)cccc1NC(=O)CCCN(C)C(=O)c1ccncc1. The highest BCUT2D eigenvalue weighted by Gasteiger charge is 2.12. The zero-order chi connectivity index (χ0) is 18.2. The Balaban J connectivity index is 1.82. The van der Waals surface area contributed by atoms with E-state index >= 15 is 0 Å². The Bertz CT molecular complexity index is 732. The lowest BCUT2D eigenvalue weighted by Gasteiger charge is -2.17. The van der Waals surface area contributed by atoms with Crippen LogP contribution in [0.4, 0.5) is 5.69 Å². The fourth-order valence-electron chi connectivity index (χ4n) is 2.50. The molecule has 2 N–H and O–H groups in total. The summed E-state index contributed by atoms with van der Waals surface area (Å²) in [6.45, 7) is 2.30. The Morgan fingerprint density at radius 1 is 1.20 bits per heavy atom. The summed E-state index contributed by atoms with van der Waals surface area (Å²) in [5.41, 5.74) is 2.94. The molecule has 2 rings (SSSR count). The highest BCUT2D eigenvalue weighted by molar-refractivity contribution is 5.94. The van der Waals surface area contributed by atoms with Gasteiger partial charge >= 0.3 is 0 Å². The fraction of sp³-hybridized carbons (Fsp3) is 0.316. The number of carbonyl (C=O) groups is 2. The molecular formula is C19H23N3O3. The maximum atomic E-state index is 12.2. The molecular weight excluding hydrogens is 318 g/mol. The standard InChI is InChI=1S/C19H23N3O3/c1-14-16(13-23)5-3-6-17(14)21-18(24)7-4-12-22(2)19(25)15-8-10-20-11-9-15/h3,5-6,8-11,23H,4,7,12-13H2,1-2H3,(H,21,24). The summed E-state index contributed by atoms with van der Waals surface area (Å²) in [6.07, 6.45) is 4.04. The minimum atomic E-state index is -0.108. The van der Waals surface area contributed by atoms with E-state index in [-0.39, 0.29) is 18.4 Å². The molecule has 2 amide bonds. The minimum Gasteiger partial charge on any atom is -0.392 e. The maximum absolute atomic E-state index is 12.2. The van der Waals surface area contributed by atoms with Crippen LogP contribution in [0.2, 0.25) is 0 Å². The Kier molecular flexibility index (Phi) is 6.65. The van der Waals surface area contributed by atoms with Crippen LogP contribution in [0.3, 0.4) is 0 Å². The molecule has 0 saturated carbocycles. The molecule has 0 bridgehead atoms. The van der Waals surface area contributed by atoms with E-state index in [1.807, 2.05) is 19.1 Å². The number of nitrogens with one attached hydrogen (secondary N) is 1. The smallest absolute Gasteiger partial charge is 0.253 e. The van der Waals surface area contributed by atoms with Crippen LogP contribution >= 0.6 is 0 Å². The van der Waals surface area contributed by atoms with Crippen molar-refractivity contribution in [2.75, 3.05) is 18.9 Å². The van der Waals surface area contributed by atoms with Crippen molar-refractivity contribution in [3.05, 3.63) is 59.4 Å². The van der Waals surface area contributed by atoms with Gasteiger partial charge in [0.1, 0.15) is 0 Å². The van der Waals surface area contributed by atoms with E-state index in [1.165, 1.54) is 0 Å². The summed E-state index contributed by atoms with van der Waals surface area (Å²) in [4.78, 5) is 29.8. The molecule has 0 fully saturated rings. The van der Waals surface area contributed by atoms with E-state index in [9.17, 15) is 14.7 Å². The number of amides is 2. The lowest BCUT2D eigenvalue weighted by Crippen LogP contribution is -2.28. The number of carbonyl (C=O) groups excluding carboxylic acids is 2. The van der Waals surface area contributed by atoms with Gasteiger partial charge in [0, 0.05) is 43.7 Å². The van der Waals surface area contributed by atoms with E-state index in [2.05, 4.69) is 10.3 Å². The van der Waals surface area contributed by atoms with Gasteiger partial charge in [-0.15, -0.1) is 0 Å². The summed E-state index contributed by atoms with van der Waals surface area (Å²) >= 11 is 0. The van der Waals surface area contributed by atoms with Gasteiger partial charge in [-0.1, -0.05) is 12.1 Å². The van der Waals surface area contributed by atoms with Gasteiger partial charge in [-0.2, -0.15) is 0 Å². The van der Waals surface area contributed by atoms with Gasteiger partial charge in [-0.25, -0.2) is 0 Å². The molecule has 6 heteroatoms. The van der Waals surface area contributed by atoms with Crippen LogP contribution in [0, 0.1) is 6.92 Å². The van der Waals surface area contributed by atoms with Gasteiger partial charge in [0.25, 0.3) is 5.91 Å².